The van der Waals surface area contributed by atoms with Gasteiger partial charge in [-0.25, -0.2) is 4.79 Å². The van der Waals surface area contributed by atoms with Crippen LogP contribution in [0.3, 0.4) is 0 Å². The van der Waals surface area contributed by atoms with Crippen LogP contribution in [0.15, 0.2) is 41.5 Å². The molecule has 21 heavy (non-hydrogen) atoms. The number of carbonyl (C=O) groups is 2. The van der Waals surface area contributed by atoms with E-state index in [4.69, 9.17) is 5.11 Å². The normalized spacial score (nSPS) is 16.5. The van der Waals surface area contributed by atoms with Gasteiger partial charge in [0.1, 0.15) is 0 Å². The third-order valence-corrected chi connectivity index (χ3v) is 3.89. The molecule has 1 amide bonds. The Kier molecular flexibility index (Phi) is 4.62. The minimum atomic E-state index is -1.04. The van der Waals surface area contributed by atoms with Gasteiger partial charge in [0.05, 0.1) is 0 Å². The summed E-state index contributed by atoms with van der Waals surface area (Å²) in [6.45, 7) is 5.78. The number of carboxylic acids is 1. The van der Waals surface area contributed by atoms with Crippen LogP contribution in [0.1, 0.15) is 13.8 Å². The fourth-order valence-corrected chi connectivity index (χ4v) is 2.36. The molecule has 1 saturated heterocycles. The van der Waals surface area contributed by atoms with Gasteiger partial charge in [-0.05, 0) is 26.0 Å². The fraction of sp³-hybridized carbons (Fsp3) is 0.375. The van der Waals surface area contributed by atoms with Crippen molar-refractivity contribution < 1.29 is 14.7 Å². The van der Waals surface area contributed by atoms with Crippen molar-refractivity contribution in [3.8, 4) is 0 Å². The second-order valence-corrected chi connectivity index (χ2v) is 5.17. The number of benzene rings is 1. The second kappa shape index (κ2) is 6.43. The first kappa shape index (κ1) is 15.1. The SMILES string of the molecule is C/C(C(=O)O)=C(\C)C(=O)N1CCN(c2ccccc2)CC1. The van der Waals surface area contributed by atoms with E-state index in [1.54, 1.807) is 11.8 Å². The number of carbonyl (C=O) groups excluding carboxylic acids is 1. The monoisotopic (exact) mass is 288 g/mol. The number of carboxylic acid groups (broad SMARTS) is 1. The van der Waals surface area contributed by atoms with E-state index >= 15 is 0 Å². The molecule has 1 N–H and O–H groups in total. The first-order chi connectivity index (χ1) is 10.0. The van der Waals surface area contributed by atoms with Crippen LogP contribution in [-0.2, 0) is 9.59 Å². The topological polar surface area (TPSA) is 60.9 Å². The molecule has 0 unspecified atom stereocenters. The third-order valence-electron chi connectivity index (χ3n) is 3.89. The molecular weight excluding hydrogens is 268 g/mol. The van der Waals surface area contributed by atoms with Crippen LogP contribution >= 0.6 is 0 Å². The Bertz CT molecular complexity index is 558. The summed E-state index contributed by atoms with van der Waals surface area (Å²) in [5.41, 5.74) is 1.58. The number of hydrogen-bond donors (Lipinski definition) is 1. The van der Waals surface area contributed by atoms with E-state index < -0.39 is 5.97 Å². The van der Waals surface area contributed by atoms with E-state index in [1.165, 1.54) is 6.92 Å². The molecule has 1 aromatic rings. The second-order valence-electron chi connectivity index (χ2n) is 5.17. The minimum Gasteiger partial charge on any atom is -0.478 e. The van der Waals surface area contributed by atoms with Crippen molar-refractivity contribution in [2.75, 3.05) is 31.1 Å². The number of rotatable bonds is 3. The first-order valence-corrected chi connectivity index (χ1v) is 7.00. The lowest BCUT2D eigenvalue weighted by atomic mass is 10.1. The van der Waals surface area contributed by atoms with Gasteiger partial charge in [-0.1, -0.05) is 18.2 Å². The van der Waals surface area contributed by atoms with E-state index in [2.05, 4.69) is 17.0 Å². The number of piperazine rings is 1. The van der Waals surface area contributed by atoms with Crippen molar-refractivity contribution in [3.05, 3.63) is 41.5 Å². The van der Waals surface area contributed by atoms with Crippen LogP contribution in [0.5, 0.6) is 0 Å². The van der Waals surface area contributed by atoms with Gasteiger partial charge in [-0.3, -0.25) is 4.79 Å². The van der Waals surface area contributed by atoms with Crippen LogP contribution in [0, 0.1) is 0 Å². The zero-order valence-electron chi connectivity index (χ0n) is 12.4. The molecular formula is C16H20N2O3. The lowest BCUT2D eigenvalue weighted by Crippen LogP contribution is -2.49. The van der Waals surface area contributed by atoms with Gasteiger partial charge in [0.2, 0.25) is 5.91 Å². The lowest BCUT2D eigenvalue weighted by Gasteiger charge is -2.36. The smallest absolute Gasteiger partial charge is 0.331 e. The predicted molar refractivity (Wildman–Crippen MR) is 81.2 cm³/mol. The Morgan fingerprint density at radius 3 is 2.05 bits per heavy atom. The third kappa shape index (κ3) is 3.42. The minimum absolute atomic E-state index is 0.116. The lowest BCUT2D eigenvalue weighted by molar-refractivity contribution is -0.134. The van der Waals surface area contributed by atoms with E-state index in [-0.39, 0.29) is 11.5 Å². The summed E-state index contributed by atoms with van der Waals surface area (Å²) >= 11 is 0. The number of nitrogens with zero attached hydrogens (tertiary/aromatic N) is 2. The molecule has 0 atom stereocenters. The zero-order valence-corrected chi connectivity index (χ0v) is 12.4. The van der Waals surface area contributed by atoms with Crippen molar-refractivity contribution in [3.63, 3.8) is 0 Å². The standard InChI is InChI=1S/C16H20N2O3/c1-12(13(2)16(20)21)15(19)18-10-8-17(9-11-18)14-6-4-3-5-7-14/h3-7H,8-11H2,1-2H3,(H,20,21)/b13-12-. The van der Waals surface area contributed by atoms with Crippen molar-refractivity contribution in [1.29, 1.82) is 0 Å². The van der Waals surface area contributed by atoms with E-state index in [0.29, 0.717) is 18.7 Å². The summed E-state index contributed by atoms with van der Waals surface area (Å²) < 4.78 is 0. The Labute approximate surface area is 124 Å². The molecule has 5 heteroatoms. The highest BCUT2D eigenvalue weighted by atomic mass is 16.4. The molecule has 2 rings (SSSR count). The molecule has 0 spiro atoms. The molecule has 1 aromatic carbocycles. The highest BCUT2D eigenvalue weighted by Gasteiger charge is 2.23. The highest BCUT2D eigenvalue weighted by Crippen LogP contribution is 2.17. The summed E-state index contributed by atoms with van der Waals surface area (Å²) in [5.74, 6) is -1.22. The fourth-order valence-electron chi connectivity index (χ4n) is 2.36. The average molecular weight is 288 g/mol. The molecule has 112 valence electrons. The van der Waals surface area contributed by atoms with Crippen LogP contribution in [-0.4, -0.2) is 48.1 Å². The van der Waals surface area contributed by atoms with Crippen molar-refractivity contribution >= 4 is 17.6 Å². The molecule has 0 aromatic heterocycles. The van der Waals surface area contributed by atoms with E-state index in [1.807, 2.05) is 18.2 Å². The summed E-state index contributed by atoms with van der Waals surface area (Å²) in [5, 5.41) is 8.95. The number of anilines is 1. The van der Waals surface area contributed by atoms with Crippen LogP contribution < -0.4 is 4.90 Å². The van der Waals surface area contributed by atoms with Crippen molar-refractivity contribution in [1.82, 2.24) is 4.90 Å². The van der Waals surface area contributed by atoms with Gasteiger partial charge in [-0.2, -0.15) is 0 Å². The van der Waals surface area contributed by atoms with Gasteiger partial charge < -0.3 is 14.9 Å². The van der Waals surface area contributed by atoms with Gasteiger partial charge in [0.15, 0.2) is 0 Å². The Hall–Kier alpha value is -2.30. The molecule has 0 bridgehead atoms. The summed E-state index contributed by atoms with van der Waals surface area (Å²) in [6.07, 6.45) is 0. The maximum atomic E-state index is 12.3. The zero-order chi connectivity index (χ0) is 15.4. The molecule has 1 fully saturated rings. The largest absolute Gasteiger partial charge is 0.478 e. The number of para-hydroxylation sites is 1. The van der Waals surface area contributed by atoms with Gasteiger partial charge >= 0.3 is 5.97 Å². The number of amides is 1. The molecule has 1 heterocycles. The number of hydrogen-bond acceptors (Lipinski definition) is 3. The maximum absolute atomic E-state index is 12.3. The average Bonchev–Trinajstić information content (AvgIpc) is 2.53. The quantitative estimate of drug-likeness (QED) is 0.861. The summed E-state index contributed by atoms with van der Waals surface area (Å²) in [7, 11) is 0. The van der Waals surface area contributed by atoms with Gasteiger partial charge in [0, 0.05) is 43.0 Å². The molecule has 0 radical (unpaired) electrons. The van der Waals surface area contributed by atoms with Crippen LogP contribution in [0.25, 0.3) is 0 Å². The summed E-state index contributed by atoms with van der Waals surface area (Å²) in [6, 6.07) is 10.1. The van der Waals surface area contributed by atoms with Crippen LogP contribution in [0.4, 0.5) is 5.69 Å². The van der Waals surface area contributed by atoms with E-state index in [9.17, 15) is 9.59 Å². The van der Waals surface area contributed by atoms with Gasteiger partial charge in [-0.15, -0.1) is 0 Å². The Morgan fingerprint density at radius 2 is 1.52 bits per heavy atom. The molecule has 1 aliphatic heterocycles. The Morgan fingerprint density at radius 1 is 0.952 bits per heavy atom. The predicted octanol–water partition coefficient (Wildman–Crippen LogP) is 1.76. The Balaban J connectivity index is 2.00. The first-order valence-electron chi connectivity index (χ1n) is 7.00. The van der Waals surface area contributed by atoms with Crippen molar-refractivity contribution in [2.24, 2.45) is 0 Å². The highest BCUT2D eigenvalue weighted by molar-refractivity contribution is 6.01. The van der Waals surface area contributed by atoms with Gasteiger partial charge in [0.25, 0.3) is 0 Å². The molecule has 1 aliphatic rings. The number of aliphatic carboxylic acids is 1. The molecule has 0 aliphatic carbocycles. The molecule has 0 saturated carbocycles. The van der Waals surface area contributed by atoms with Crippen molar-refractivity contribution in [2.45, 2.75) is 13.8 Å². The van der Waals surface area contributed by atoms with E-state index in [0.717, 1.165) is 18.8 Å². The molecule has 5 nitrogen and oxygen atoms in total. The maximum Gasteiger partial charge on any atom is 0.331 e. The summed E-state index contributed by atoms with van der Waals surface area (Å²) in [4.78, 5) is 27.2. The van der Waals surface area contributed by atoms with Crippen LogP contribution in [0.2, 0.25) is 0 Å².